The SMILES string of the molecule is CN(C)C1CCN(c2ccc(NC(=O)c3ccc(Br)c(F)c3)cc2)C1. The largest absolute Gasteiger partial charge is 0.370 e. The molecule has 1 unspecified atom stereocenters. The second-order valence-electron chi connectivity index (χ2n) is 6.48. The van der Waals surface area contributed by atoms with Gasteiger partial charge in [0.25, 0.3) is 5.91 Å². The first kappa shape index (κ1) is 17.9. The molecule has 3 rings (SSSR count). The van der Waals surface area contributed by atoms with Gasteiger partial charge in [0, 0.05) is 36.1 Å². The number of halogens is 2. The second-order valence-corrected chi connectivity index (χ2v) is 7.34. The van der Waals surface area contributed by atoms with Crippen LogP contribution in [0.2, 0.25) is 0 Å². The Bertz CT molecular complexity index is 764. The van der Waals surface area contributed by atoms with Crippen LogP contribution in [0.3, 0.4) is 0 Å². The molecule has 2 aromatic rings. The van der Waals surface area contributed by atoms with E-state index in [0.717, 1.165) is 25.2 Å². The van der Waals surface area contributed by atoms with Crippen molar-refractivity contribution in [3.8, 4) is 0 Å². The molecule has 2 aromatic carbocycles. The minimum Gasteiger partial charge on any atom is -0.370 e. The van der Waals surface area contributed by atoms with Crippen LogP contribution in [0.15, 0.2) is 46.9 Å². The molecule has 4 nitrogen and oxygen atoms in total. The fourth-order valence-corrected chi connectivity index (χ4v) is 3.24. The van der Waals surface area contributed by atoms with Crippen LogP contribution in [0.1, 0.15) is 16.8 Å². The lowest BCUT2D eigenvalue weighted by Crippen LogP contribution is -2.31. The number of anilines is 2. The first-order chi connectivity index (χ1) is 11.9. The molecule has 0 bridgehead atoms. The number of amides is 1. The van der Waals surface area contributed by atoms with Crippen molar-refractivity contribution in [2.45, 2.75) is 12.5 Å². The van der Waals surface area contributed by atoms with Crippen molar-refractivity contribution in [1.82, 2.24) is 4.90 Å². The number of nitrogens with one attached hydrogen (secondary N) is 1. The highest BCUT2D eigenvalue weighted by atomic mass is 79.9. The van der Waals surface area contributed by atoms with Crippen molar-refractivity contribution >= 4 is 33.2 Å². The minimum atomic E-state index is -0.451. The van der Waals surface area contributed by atoms with Crippen molar-refractivity contribution in [2.24, 2.45) is 0 Å². The number of likely N-dealkylation sites (N-methyl/N-ethyl adjacent to an activating group) is 1. The quantitative estimate of drug-likeness (QED) is 0.835. The fraction of sp³-hybridized carbons (Fsp3) is 0.316. The Labute approximate surface area is 155 Å². The van der Waals surface area contributed by atoms with Crippen molar-refractivity contribution < 1.29 is 9.18 Å². The van der Waals surface area contributed by atoms with E-state index in [1.807, 2.05) is 24.3 Å². The predicted molar refractivity (Wildman–Crippen MR) is 103 cm³/mol. The predicted octanol–water partition coefficient (Wildman–Crippen LogP) is 3.98. The fourth-order valence-electron chi connectivity index (χ4n) is 2.99. The zero-order valence-corrected chi connectivity index (χ0v) is 15.9. The third-order valence-corrected chi connectivity index (χ3v) is 5.21. The summed E-state index contributed by atoms with van der Waals surface area (Å²) in [5.41, 5.74) is 2.13. The van der Waals surface area contributed by atoms with Crippen LogP contribution in [-0.4, -0.2) is 44.0 Å². The van der Waals surface area contributed by atoms with E-state index in [1.54, 1.807) is 6.07 Å². The first-order valence-corrected chi connectivity index (χ1v) is 9.01. The summed E-state index contributed by atoms with van der Waals surface area (Å²) in [6.45, 7) is 2.05. The van der Waals surface area contributed by atoms with Gasteiger partial charge in [-0.1, -0.05) is 0 Å². The smallest absolute Gasteiger partial charge is 0.255 e. The summed E-state index contributed by atoms with van der Waals surface area (Å²) in [4.78, 5) is 16.8. The molecule has 25 heavy (non-hydrogen) atoms. The van der Waals surface area contributed by atoms with E-state index in [9.17, 15) is 9.18 Å². The number of carbonyl (C=O) groups is 1. The number of nitrogens with zero attached hydrogens (tertiary/aromatic N) is 2. The van der Waals surface area contributed by atoms with E-state index in [0.29, 0.717) is 16.2 Å². The van der Waals surface area contributed by atoms with Crippen LogP contribution >= 0.6 is 15.9 Å². The number of carbonyl (C=O) groups excluding carboxylic acids is 1. The van der Waals surface area contributed by atoms with Gasteiger partial charge < -0.3 is 15.1 Å². The van der Waals surface area contributed by atoms with Crippen molar-refractivity contribution in [3.05, 3.63) is 58.3 Å². The second kappa shape index (κ2) is 7.54. The molecule has 1 amide bonds. The molecule has 1 atom stereocenters. The molecule has 0 spiro atoms. The van der Waals surface area contributed by atoms with E-state index >= 15 is 0 Å². The molecule has 1 aliphatic rings. The zero-order valence-electron chi connectivity index (χ0n) is 14.3. The molecule has 0 aromatic heterocycles. The van der Waals surface area contributed by atoms with Gasteiger partial charge in [-0.05, 0) is 78.9 Å². The Morgan fingerprint density at radius 1 is 1.24 bits per heavy atom. The minimum absolute atomic E-state index is 0.290. The molecule has 1 saturated heterocycles. The van der Waals surface area contributed by atoms with Crippen LogP contribution in [-0.2, 0) is 0 Å². The topological polar surface area (TPSA) is 35.6 Å². The summed E-state index contributed by atoms with van der Waals surface area (Å²) < 4.78 is 13.9. The summed E-state index contributed by atoms with van der Waals surface area (Å²) in [7, 11) is 4.22. The van der Waals surface area contributed by atoms with Crippen LogP contribution in [0.5, 0.6) is 0 Å². The van der Waals surface area contributed by atoms with Gasteiger partial charge in [-0.3, -0.25) is 4.79 Å². The molecule has 0 radical (unpaired) electrons. The molecule has 132 valence electrons. The molecule has 1 N–H and O–H groups in total. The molecular formula is C19H21BrFN3O. The maximum absolute atomic E-state index is 13.6. The third-order valence-electron chi connectivity index (χ3n) is 4.57. The number of benzene rings is 2. The first-order valence-electron chi connectivity index (χ1n) is 8.22. The molecule has 1 fully saturated rings. The van der Waals surface area contributed by atoms with Gasteiger partial charge in [0.05, 0.1) is 4.47 Å². The molecule has 1 aliphatic heterocycles. The number of hydrogen-bond donors (Lipinski definition) is 1. The normalized spacial score (nSPS) is 17.2. The lowest BCUT2D eigenvalue weighted by atomic mass is 10.2. The highest BCUT2D eigenvalue weighted by Gasteiger charge is 2.23. The van der Waals surface area contributed by atoms with E-state index in [4.69, 9.17) is 0 Å². The highest BCUT2D eigenvalue weighted by Crippen LogP contribution is 2.24. The van der Waals surface area contributed by atoms with Gasteiger partial charge in [-0.15, -0.1) is 0 Å². The average Bonchev–Trinajstić information content (AvgIpc) is 3.08. The summed E-state index contributed by atoms with van der Waals surface area (Å²) in [5.74, 6) is -0.777. The standard InChI is InChI=1S/C19H21BrFN3O/c1-23(2)16-9-10-24(12-16)15-6-4-14(5-7-15)22-19(25)13-3-8-17(20)18(21)11-13/h3-8,11,16H,9-10,12H2,1-2H3,(H,22,25). The van der Waals surface area contributed by atoms with Crippen LogP contribution < -0.4 is 10.2 Å². The maximum atomic E-state index is 13.6. The van der Waals surface area contributed by atoms with E-state index in [-0.39, 0.29) is 11.5 Å². The Hall–Kier alpha value is -1.92. The van der Waals surface area contributed by atoms with Gasteiger partial charge in [-0.25, -0.2) is 4.39 Å². The Morgan fingerprint density at radius 2 is 1.96 bits per heavy atom. The van der Waals surface area contributed by atoms with Gasteiger partial charge in [0.15, 0.2) is 0 Å². The lowest BCUT2D eigenvalue weighted by Gasteiger charge is -2.22. The Kier molecular flexibility index (Phi) is 5.39. The van der Waals surface area contributed by atoms with E-state index in [1.165, 1.54) is 12.1 Å². The molecular weight excluding hydrogens is 385 g/mol. The Balaban J connectivity index is 1.64. The maximum Gasteiger partial charge on any atom is 0.255 e. The highest BCUT2D eigenvalue weighted by molar-refractivity contribution is 9.10. The Morgan fingerprint density at radius 3 is 2.56 bits per heavy atom. The summed E-state index contributed by atoms with van der Waals surface area (Å²) in [6.07, 6.45) is 1.15. The van der Waals surface area contributed by atoms with Gasteiger partial charge >= 0.3 is 0 Å². The van der Waals surface area contributed by atoms with Gasteiger partial charge in [-0.2, -0.15) is 0 Å². The van der Waals surface area contributed by atoms with E-state index < -0.39 is 5.82 Å². The number of rotatable bonds is 4. The molecule has 1 heterocycles. The number of hydrogen-bond acceptors (Lipinski definition) is 3. The van der Waals surface area contributed by atoms with Crippen LogP contribution in [0, 0.1) is 5.82 Å². The van der Waals surface area contributed by atoms with Crippen LogP contribution in [0.25, 0.3) is 0 Å². The molecule has 0 aliphatic carbocycles. The molecule has 6 heteroatoms. The third kappa shape index (κ3) is 4.19. The monoisotopic (exact) mass is 405 g/mol. The van der Waals surface area contributed by atoms with Crippen molar-refractivity contribution in [3.63, 3.8) is 0 Å². The summed E-state index contributed by atoms with van der Waals surface area (Å²) in [6, 6.07) is 12.7. The average molecular weight is 406 g/mol. The summed E-state index contributed by atoms with van der Waals surface area (Å²) >= 11 is 3.08. The molecule has 0 saturated carbocycles. The van der Waals surface area contributed by atoms with Crippen molar-refractivity contribution in [1.29, 1.82) is 0 Å². The van der Waals surface area contributed by atoms with Crippen molar-refractivity contribution in [2.75, 3.05) is 37.4 Å². The van der Waals surface area contributed by atoms with E-state index in [2.05, 4.69) is 45.1 Å². The van der Waals surface area contributed by atoms with Crippen LogP contribution in [0.4, 0.5) is 15.8 Å². The summed E-state index contributed by atoms with van der Waals surface area (Å²) in [5, 5.41) is 2.80. The van der Waals surface area contributed by atoms with Gasteiger partial charge in [0.2, 0.25) is 0 Å². The lowest BCUT2D eigenvalue weighted by molar-refractivity contribution is 0.102. The van der Waals surface area contributed by atoms with Gasteiger partial charge in [0.1, 0.15) is 5.82 Å². The zero-order chi connectivity index (χ0) is 18.0.